The first-order valence-electron chi connectivity index (χ1n) is 4.68. The molecule has 3 heteroatoms. The maximum Gasteiger partial charge on any atom is 0.0319 e. The SMILES string of the molecule is CCN.CCN.CO.c1ccccc1. The fraction of sp³-hybridized carbons (Fsp3) is 0.455. The lowest BCUT2D eigenvalue weighted by Crippen LogP contribution is -1.87. The summed E-state index contributed by atoms with van der Waals surface area (Å²) in [7, 11) is 1.00. The quantitative estimate of drug-likeness (QED) is 0.589. The predicted molar refractivity (Wildman–Crippen MR) is 64.0 cm³/mol. The average molecular weight is 200 g/mol. The van der Waals surface area contributed by atoms with Gasteiger partial charge in [0.25, 0.3) is 0 Å². The number of rotatable bonds is 0. The van der Waals surface area contributed by atoms with Crippen LogP contribution in [0.25, 0.3) is 0 Å². The molecule has 0 radical (unpaired) electrons. The van der Waals surface area contributed by atoms with Gasteiger partial charge in [0.1, 0.15) is 0 Å². The molecule has 1 aromatic rings. The first kappa shape index (κ1) is 18.8. The van der Waals surface area contributed by atoms with Crippen molar-refractivity contribution in [2.45, 2.75) is 13.8 Å². The first-order chi connectivity index (χ1) is 6.83. The molecule has 84 valence electrons. The van der Waals surface area contributed by atoms with Gasteiger partial charge in [-0.05, 0) is 13.1 Å². The monoisotopic (exact) mass is 200 g/mol. The predicted octanol–water partition coefficient (Wildman–Crippen LogP) is 1.23. The minimum Gasteiger partial charge on any atom is -0.400 e. The van der Waals surface area contributed by atoms with Crippen LogP contribution >= 0.6 is 0 Å². The molecule has 0 heterocycles. The molecule has 0 saturated carbocycles. The molecular formula is C11H24N2O. The molecule has 0 fully saturated rings. The van der Waals surface area contributed by atoms with Crippen molar-refractivity contribution in [2.24, 2.45) is 11.5 Å². The number of hydrogen-bond acceptors (Lipinski definition) is 3. The summed E-state index contributed by atoms with van der Waals surface area (Å²) in [6, 6.07) is 12.0. The lowest BCUT2D eigenvalue weighted by molar-refractivity contribution is 0.399. The number of benzene rings is 1. The van der Waals surface area contributed by atoms with Crippen LogP contribution in [0.1, 0.15) is 13.8 Å². The van der Waals surface area contributed by atoms with Crippen molar-refractivity contribution < 1.29 is 5.11 Å². The third-order valence-corrected chi connectivity index (χ3v) is 0.667. The molecule has 0 unspecified atom stereocenters. The largest absolute Gasteiger partial charge is 0.400 e. The second kappa shape index (κ2) is 29.6. The van der Waals surface area contributed by atoms with Crippen LogP contribution in [0.4, 0.5) is 0 Å². The minimum absolute atomic E-state index is 0.750. The zero-order valence-corrected chi connectivity index (χ0v) is 9.48. The normalized spacial score (nSPS) is 6.43. The lowest BCUT2D eigenvalue weighted by Gasteiger charge is -1.69. The van der Waals surface area contributed by atoms with Crippen LogP contribution in [0.3, 0.4) is 0 Å². The minimum atomic E-state index is 0.750. The molecule has 0 bridgehead atoms. The molecule has 0 atom stereocenters. The highest BCUT2D eigenvalue weighted by Crippen LogP contribution is 1.79. The summed E-state index contributed by atoms with van der Waals surface area (Å²) in [5.41, 5.74) is 9.69. The van der Waals surface area contributed by atoms with Crippen molar-refractivity contribution in [3.63, 3.8) is 0 Å². The Balaban J connectivity index is -0.000000132. The van der Waals surface area contributed by atoms with E-state index in [9.17, 15) is 0 Å². The van der Waals surface area contributed by atoms with E-state index in [0.717, 1.165) is 20.2 Å². The van der Waals surface area contributed by atoms with Crippen molar-refractivity contribution in [1.82, 2.24) is 0 Å². The fourth-order valence-corrected chi connectivity index (χ4v) is 0.385. The van der Waals surface area contributed by atoms with E-state index in [1.807, 2.05) is 50.2 Å². The fourth-order valence-electron chi connectivity index (χ4n) is 0.385. The van der Waals surface area contributed by atoms with Crippen molar-refractivity contribution in [3.8, 4) is 0 Å². The molecule has 1 aromatic carbocycles. The third kappa shape index (κ3) is 43.5. The van der Waals surface area contributed by atoms with E-state index in [2.05, 4.69) is 0 Å². The van der Waals surface area contributed by atoms with Crippen molar-refractivity contribution in [2.75, 3.05) is 20.2 Å². The van der Waals surface area contributed by atoms with E-state index in [0.29, 0.717) is 0 Å². The van der Waals surface area contributed by atoms with Gasteiger partial charge < -0.3 is 16.6 Å². The summed E-state index contributed by atoms with van der Waals surface area (Å²) >= 11 is 0. The van der Waals surface area contributed by atoms with Gasteiger partial charge in [-0.3, -0.25) is 0 Å². The van der Waals surface area contributed by atoms with Gasteiger partial charge in [0.05, 0.1) is 0 Å². The van der Waals surface area contributed by atoms with Gasteiger partial charge in [0, 0.05) is 7.11 Å². The Morgan fingerprint density at radius 1 is 0.714 bits per heavy atom. The summed E-state index contributed by atoms with van der Waals surface area (Å²) in [5.74, 6) is 0. The van der Waals surface area contributed by atoms with Gasteiger partial charge in [0.2, 0.25) is 0 Å². The van der Waals surface area contributed by atoms with Crippen LogP contribution in [0.15, 0.2) is 36.4 Å². The number of hydrogen-bond donors (Lipinski definition) is 3. The van der Waals surface area contributed by atoms with Crippen molar-refractivity contribution >= 4 is 0 Å². The molecule has 14 heavy (non-hydrogen) atoms. The van der Waals surface area contributed by atoms with E-state index in [1.165, 1.54) is 0 Å². The summed E-state index contributed by atoms with van der Waals surface area (Å²) in [6.07, 6.45) is 0. The maximum atomic E-state index is 7.00. The number of aliphatic hydroxyl groups is 1. The van der Waals surface area contributed by atoms with Crippen LogP contribution in [-0.2, 0) is 0 Å². The maximum absolute atomic E-state index is 7.00. The van der Waals surface area contributed by atoms with E-state index in [1.54, 1.807) is 0 Å². The van der Waals surface area contributed by atoms with E-state index < -0.39 is 0 Å². The van der Waals surface area contributed by atoms with Crippen LogP contribution < -0.4 is 11.5 Å². The van der Waals surface area contributed by atoms with Gasteiger partial charge in [-0.1, -0.05) is 50.2 Å². The van der Waals surface area contributed by atoms with E-state index in [4.69, 9.17) is 16.6 Å². The molecule has 1 rings (SSSR count). The lowest BCUT2D eigenvalue weighted by atomic mass is 10.4. The Kier molecular flexibility index (Phi) is 39.7. The topological polar surface area (TPSA) is 72.3 Å². The molecule has 0 aliphatic heterocycles. The second-order valence-electron chi connectivity index (χ2n) is 1.97. The van der Waals surface area contributed by atoms with Gasteiger partial charge in [0.15, 0.2) is 0 Å². The Bertz CT molecular complexity index is 105. The smallest absolute Gasteiger partial charge is 0.0319 e. The summed E-state index contributed by atoms with van der Waals surface area (Å²) in [5, 5.41) is 7.00. The third-order valence-electron chi connectivity index (χ3n) is 0.667. The zero-order valence-electron chi connectivity index (χ0n) is 9.48. The van der Waals surface area contributed by atoms with Crippen molar-refractivity contribution in [3.05, 3.63) is 36.4 Å². The van der Waals surface area contributed by atoms with Crippen molar-refractivity contribution in [1.29, 1.82) is 0 Å². The number of nitrogens with two attached hydrogens (primary N) is 2. The number of aliphatic hydroxyl groups excluding tert-OH is 1. The average Bonchev–Trinajstić information content (AvgIpc) is 2.26. The van der Waals surface area contributed by atoms with E-state index in [-0.39, 0.29) is 0 Å². The van der Waals surface area contributed by atoms with Gasteiger partial charge >= 0.3 is 0 Å². The molecule has 0 amide bonds. The summed E-state index contributed by atoms with van der Waals surface area (Å²) < 4.78 is 0. The molecule has 3 nitrogen and oxygen atoms in total. The zero-order chi connectivity index (χ0) is 11.7. The summed E-state index contributed by atoms with van der Waals surface area (Å²) in [4.78, 5) is 0. The standard InChI is InChI=1S/C6H6.2C2H7N.CH4O/c1-2-4-6-5-3-1;2*1-2-3;1-2/h1-6H;2*2-3H2,1H3;2H,1H3. The highest BCUT2D eigenvalue weighted by Gasteiger charge is 1.57. The van der Waals surface area contributed by atoms with E-state index >= 15 is 0 Å². The van der Waals surface area contributed by atoms with Gasteiger partial charge in [-0.2, -0.15) is 0 Å². The van der Waals surface area contributed by atoms with Crippen LogP contribution in [-0.4, -0.2) is 25.3 Å². The Hall–Kier alpha value is -0.900. The summed E-state index contributed by atoms with van der Waals surface area (Å²) in [6.45, 7) is 5.31. The molecule has 0 aliphatic carbocycles. The first-order valence-corrected chi connectivity index (χ1v) is 4.68. The molecule has 0 saturated heterocycles. The highest BCUT2D eigenvalue weighted by atomic mass is 16.2. The van der Waals surface area contributed by atoms with Crippen LogP contribution in [0.5, 0.6) is 0 Å². The Morgan fingerprint density at radius 3 is 0.857 bits per heavy atom. The molecule has 0 spiro atoms. The van der Waals surface area contributed by atoms with Crippen LogP contribution in [0.2, 0.25) is 0 Å². The van der Waals surface area contributed by atoms with Crippen LogP contribution in [0, 0.1) is 0 Å². The second-order valence-corrected chi connectivity index (χ2v) is 1.97. The molecule has 5 N–H and O–H groups in total. The van der Waals surface area contributed by atoms with Gasteiger partial charge in [-0.25, -0.2) is 0 Å². The van der Waals surface area contributed by atoms with Gasteiger partial charge in [-0.15, -0.1) is 0 Å². The molecule has 0 aliphatic rings. The highest BCUT2D eigenvalue weighted by molar-refractivity contribution is 4.99. The Labute approximate surface area is 87.7 Å². The Morgan fingerprint density at radius 2 is 0.786 bits per heavy atom. The molecular weight excluding hydrogens is 176 g/mol. The molecule has 0 aromatic heterocycles.